The number of sulfone groups is 1. The van der Waals surface area contributed by atoms with Crippen LogP contribution in [0.25, 0.3) is 0 Å². The summed E-state index contributed by atoms with van der Waals surface area (Å²) in [5.74, 6) is -1.49. The van der Waals surface area contributed by atoms with E-state index in [4.69, 9.17) is 5.11 Å². The van der Waals surface area contributed by atoms with Crippen LogP contribution in [0.3, 0.4) is 0 Å². The number of piperidine rings is 1. The second-order valence-corrected chi connectivity index (χ2v) is 7.65. The van der Waals surface area contributed by atoms with E-state index in [2.05, 4.69) is 5.32 Å². The Balaban J connectivity index is 2.10. The fourth-order valence-electron chi connectivity index (χ4n) is 2.82. The second-order valence-electron chi connectivity index (χ2n) is 5.42. The lowest BCUT2D eigenvalue weighted by molar-refractivity contribution is -0.147. The summed E-state index contributed by atoms with van der Waals surface area (Å²) in [5, 5.41) is 12.0. The molecule has 1 amide bonds. The number of carboxylic acids is 1. The van der Waals surface area contributed by atoms with Crippen molar-refractivity contribution in [3.05, 3.63) is 0 Å². The van der Waals surface area contributed by atoms with Crippen molar-refractivity contribution in [2.24, 2.45) is 0 Å². The average Bonchev–Trinajstić information content (AvgIpc) is 2.76. The molecule has 2 rings (SSSR count). The van der Waals surface area contributed by atoms with Crippen LogP contribution in [0.5, 0.6) is 0 Å². The Bertz CT molecular complexity index is 484. The highest BCUT2D eigenvalue weighted by Crippen LogP contribution is 2.20. The number of hydrogen-bond acceptors (Lipinski definition) is 5. The van der Waals surface area contributed by atoms with Crippen LogP contribution in [0.4, 0.5) is 0 Å². The van der Waals surface area contributed by atoms with Gasteiger partial charge in [0.25, 0.3) is 0 Å². The maximum atomic E-state index is 12.4. The Hall–Kier alpha value is -1.15. The number of nitrogens with zero attached hydrogens (tertiary/aromatic N) is 1. The van der Waals surface area contributed by atoms with Crippen LogP contribution < -0.4 is 5.32 Å². The molecule has 2 unspecified atom stereocenters. The molecule has 2 heterocycles. The van der Waals surface area contributed by atoms with Crippen molar-refractivity contribution in [2.75, 3.05) is 24.6 Å². The average molecular weight is 304 g/mol. The zero-order valence-electron chi connectivity index (χ0n) is 11.2. The summed E-state index contributed by atoms with van der Waals surface area (Å²) in [6.45, 7) is 0.303. The van der Waals surface area contributed by atoms with Crippen LogP contribution in [-0.4, -0.2) is 67.0 Å². The highest BCUT2D eigenvalue weighted by atomic mass is 32.2. The van der Waals surface area contributed by atoms with Gasteiger partial charge in [0, 0.05) is 6.04 Å². The van der Waals surface area contributed by atoms with Gasteiger partial charge >= 0.3 is 5.97 Å². The van der Waals surface area contributed by atoms with E-state index in [-0.39, 0.29) is 23.5 Å². The smallest absolute Gasteiger partial charge is 0.323 e. The first-order chi connectivity index (χ1) is 9.39. The molecule has 2 aliphatic rings. The van der Waals surface area contributed by atoms with E-state index >= 15 is 0 Å². The Morgan fingerprint density at radius 3 is 2.50 bits per heavy atom. The van der Waals surface area contributed by atoms with Gasteiger partial charge in [0.1, 0.15) is 6.54 Å². The van der Waals surface area contributed by atoms with Crippen LogP contribution >= 0.6 is 0 Å². The summed E-state index contributed by atoms with van der Waals surface area (Å²) in [5.41, 5.74) is 0. The van der Waals surface area contributed by atoms with Crippen molar-refractivity contribution < 1.29 is 23.1 Å². The van der Waals surface area contributed by atoms with E-state index in [1.54, 1.807) is 0 Å². The number of aliphatic carboxylic acids is 1. The second kappa shape index (κ2) is 6.09. The number of carbonyl (C=O) groups is 2. The standard InChI is InChI=1S/C12H20N2O5S/c15-11(16)7-14(9-4-6-20(18,19)8-9)12(17)10-3-1-2-5-13-10/h9-10,13H,1-8H2,(H,15,16). The van der Waals surface area contributed by atoms with Gasteiger partial charge in [-0.15, -0.1) is 0 Å². The van der Waals surface area contributed by atoms with Gasteiger partial charge in [-0.3, -0.25) is 9.59 Å². The molecule has 0 bridgehead atoms. The summed E-state index contributed by atoms with van der Waals surface area (Å²) in [6.07, 6.45) is 2.93. The predicted octanol–water partition coefficient (Wildman–Crippen LogP) is -0.771. The molecular formula is C12H20N2O5S. The number of carbonyl (C=O) groups excluding carboxylic acids is 1. The molecule has 0 aromatic carbocycles. The third-order valence-electron chi connectivity index (χ3n) is 3.85. The maximum absolute atomic E-state index is 12.4. The Morgan fingerprint density at radius 1 is 1.25 bits per heavy atom. The minimum Gasteiger partial charge on any atom is -0.480 e. The van der Waals surface area contributed by atoms with E-state index in [0.717, 1.165) is 19.4 Å². The number of carboxylic acid groups (broad SMARTS) is 1. The lowest BCUT2D eigenvalue weighted by Crippen LogP contribution is -2.53. The Labute approximate surface area is 118 Å². The molecule has 7 nitrogen and oxygen atoms in total. The normalized spacial score (nSPS) is 29.0. The molecule has 0 radical (unpaired) electrons. The molecule has 114 valence electrons. The molecule has 2 saturated heterocycles. The van der Waals surface area contributed by atoms with Crippen molar-refractivity contribution in [1.29, 1.82) is 0 Å². The molecule has 0 saturated carbocycles. The zero-order valence-corrected chi connectivity index (χ0v) is 12.1. The number of nitrogens with one attached hydrogen (secondary N) is 1. The molecular weight excluding hydrogens is 284 g/mol. The molecule has 2 aliphatic heterocycles. The third kappa shape index (κ3) is 3.69. The van der Waals surface area contributed by atoms with E-state index in [1.165, 1.54) is 4.90 Å². The van der Waals surface area contributed by atoms with Gasteiger partial charge in [0.05, 0.1) is 17.5 Å². The summed E-state index contributed by atoms with van der Waals surface area (Å²) >= 11 is 0. The third-order valence-corrected chi connectivity index (χ3v) is 5.60. The van der Waals surface area contributed by atoms with Crippen LogP contribution in [0.1, 0.15) is 25.7 Å². The van der Waals surface area contributed by atoms with Crippen LogP contribution in [-0.2, 0) is 19.4 Å². The monoisotopic (exact) mass is 304 g/mol. The molecule has 8 heteroatoms. The van der Waals surface area contributed by atoms with Crippen molar-refractivity contribution in [1.82, 2.24) is 10.2 Å². The van der Waals surface area contributed by atoms with E-state index in [0.29, 0.717) is 12.8 Å². The molecule has 20 heavy (non-hydrogen) atoms. The minimum absolute atomic E-state index is 0.0269. The first-order valence-electron chi connectivity index (χ1n) is 6.85. The molecule has 0 aliphatic carbocycles. The van der Waals surface area contributed by atoms with Crippen molar-refractivity contribution in [3.8, 4) is 0 Å². The number of hydrogen-bond donors (Lipinski definition) is 2. The molecule has 0 aromatic heterocycles. The zero-order chi connectivity index (χ0) is 14.8. The van der Waals surface area contributed by atoms with Crippen LogP contribution in [0.15, 0.2) is 0 Å². The highest BCUT2D eigenvalue weighted by molar-refractivity contribution is 7.91. The maximum Gasteiger partial charge on any atom is 0.323 e. The largest absolute Gasteiger partial charge is 0.480 e. The van der Waals surface area contributed by atoms with E-state index < -0.39 is 28.4 Å². The molecule has 2 fully saturated rings. The Kier molecular flexibility index (Phi) is 4.64. The fourth-order valence-corrected chi connectivity index (χ4v) is 4.55. The lowest BCUT2D eigenvalue weighted by Gasteiger charge is -2.32. The van der Waals surface area contributed by atoms with Crippen LogP contribution in [0, 0.1) is 0 Å². The number of rotatable bonds is 4. The van der Waals surface area contributed by atoms with E-state index in [1.807, 2.05) is 0 Å². The predicted molar refractivity (Wildman–Crippen MR) is 72.0 cm³/mol. The van der Waals surface area contributed by atoms with Gasteiger partial charge in [0.15, 0.2) is 9.84 Å². The summed E-state index contributed by atoms with van der Waals surface area (Å²) in [4.78, 5) is 24.6. The summed E-state index contributed by atoms with van der Waals surface area (Å²) < 4.78 is 23.1. The van der Waals surface area contributed by atoms with Crippen molar-refractivity contribution in [3.63, 3.8) is 0 Å². The van der Waals surface area contributed by atoms with Gasteiger partial charge in [-0.05, 0) is 25.8 Å². The summed E-state index contributed by atoms with van der Waals surface area (Å²) in [6, 6.07) is -0.890. The van der Waals surface area contributed by atoms with Crippen molar-refractivity contribution >= 4 is 21.7 Å². The fraction of sp³-hybridized carbons (Fsp3) is 0.833. The Morgan fingerprint density at radius 2 is 2.00 bits per heavy atom. The minimum atomic E-state index is -3.15. The van der Waals surface area contributed by atoms with Gasteiger partial charge in [-0.25, -0.2) is 8.42 Å². The van der Waals surface area contributed by atoms with Crippen LogP contribution in [0.2, 0.25) is 0 Å². The topological polar surface area (TPSA) is 104 Å². The van der Waals surface area contributed by atoms with Gasteiger partial charge in [-0.2, -0.15) is 0 Å². The first-order valence-corrected chi connectivity index (χ1v) is 8.67. The van der Waals surface area contributed by atoms with E-state index in [9.17, 15) is 18.0 Å². The van der Waals surface area contributed by atoms with Gasteiger partial charge in [-0.1, -0.05) is 6.42 Å². The van der Waals surface area contributed by atoms with Gasteiger partial charge in [0.2, 0.25) is 5.91 Å². The summed E-state index contributed by atoms with van der Waals surface area (Å²) in [7, 11) is -3.15. The quantitative estimate of drug-likeness (QED) is 0.707. The number of amides is 1. The highest BCUT2D eigenvalue weighted by Gasteiger charge is 2.38. The molecule has 2 N–H and O–H groups in total. The molecule has 0 aromatic rings. The SMILES string of the molecule is O=C(O)CN(C(=O)C1CCCCN1)C1CCS(=O)(=O)C1. The lowest BCUT2D eigenvalue weighted by atomic mass is 10.0. The van der Waals surface area contributed by atoms with Crippen molar-refractivity contribution in [2.45, 2.75) is 37.8 Å². The molecule has 0 spiro atoms. The van der Waals surface area contributed by atoms with Gasteiger partial charge < -0.3 is 15.3 Å². The first kappa shape index (κ1) is 15.2. The molecule has 2 atom stereocenters.